The number of aromatic carboxylic acids is 1. The van der Waals surface area contributed by atoms with Crippen molar-refractivity contribution in [3.63, 3.8) is 0 Å². The van der Waals surface area contributed by atoms with Crippen molar-refractivity contribution in [2.45, 2.75) is 19.8 Å². The van der Waals surface area contributed by atoms with Crippen molar-refractivity contribution in [2.24, 2.45) is 0 Å². The molecule has 1 aromatic rings. The molecule has 0 spiro atoms. The molecule has 0 fully saturated rings. The van der Waals surface area contributed by atoms with Gasteiger partial charge in [0.2, 0.25) is 0 Å². The monoisotopic (exact) mass is 265 g/mol. The van der Waals surface area contributed by atoms with E-state index in [9.17, 15) is 9.90 Å². The number of nitrogens with zero attached hydrogens (tertiary/aromatic N) is 1. The molecule has 96 valence electrons. The molecule has 1 heterocycles. The van der Waals surface area contributed by atoms with Crippen molar-refractivity contribution < 1.29 is 9.90 Å². The Bertz CT molecular complexity index is 497. The van der Waals surface area contributed by atoms with Crippen LogP contribution < -0.4 is 4.90 Å². The first-order valence-electron chi connectivity index (χ1n) is 5.99. The summed E-state index contributed by atoms with van der Waals surface area (Å²) in [6.45, 7) is 3.67. The van der Waals surface area contributed by atoms with E-state index in [1.54, 1.807) is 17.7 Å². The highest BCUT2D eigenvalue weighted by atomic mass is 35.5. The average Bonchev–Trinajstić information content (AvgIpc) is 2.38. The van der Waals surface area contributed by atoms with E-state index in [-0.39, 0.29) is 0 Å². The second kappa shape index (κ2) is 5.44. The molecule has 1 N–H and O–H groups in total. The number of carboxylic acid groups (broad SMARTS) is 1. The van der Waals surface area contributed by atoms with Crippen molar-refractivity contribution in [3.8, 4) is 0 Å². The van der Waals surface area contributed by atoms with Gasteiger partial charge in [0.05, 0.1) is 5.56 Å². The third-order valence-electron chi connectivity index (χ3n) is 3.20. The second-order valence-electron chi connectivity index (χ2n) is 4.59. The van der Waals surface area contributed by atoms with Crippen molar-refractivity contribution in [1.29, 1.82) is 0 Å². The van der Waals surface area contributed by atoms with Crippen molar-refractivity contribution >= 4 is 23.3 Å². The number of hydrogen-bond donors (Lipinski definition) is 1. The number of fused-ring (bicyclic) bond motifs is 1. The van der Waals surface area contributed by atoms with Gasteiger partial charge in [-0.05, 0) is 43.0 Å². The van der Waals surface area contributed by atoms with Crippen molar-refractivity contribution in [2.75, 3.05) is 18.0 Å². The van der Waals surface area contributed by atoms with Crippen LogP contribution in [0.2, 0.25) is 0 Å². The van der Waals surface area contributed by atoms with Gasteiger partial charge in [-0.15, -0.1) is 0 Å². The molecule has 0 aromatic heterocycles. The number of carbonyl (C=O) groups is 1. The summed E-state index contributed by atoms with van der Waals surface area (Å²) >= 11 is 5.70. The van der Waals surface area contributed by atoms with E-state index in [1.807, 2.05) is 13.0 Å². The lowest BCUT2D eigenvalue weighted by atomic mass is 9.96. The Balaban J connectivity index is 2.38. The van der Waals surface area contributed by atoms with Gasteiger partial charge in [0.15, 0.2) is 0 Å². The summed E-state index contributed by atoms with van der Waals surface area (Å²) in [7, 11) is 0. The lowest BCUT2D eigenvalue weighted by Gasteiger charge is -2.32. The first kappa shape index (κ1) is 13.0. The SMILES string of the molecule is C/C(=C/Cl)CN1CCCc2c(C(=O)O)cccc21. The predicted molar refractivity (Wildman–Crippen MR) is 73.5 cm³/mol. The highest BCUT2D eigenvalue weighted by Gasteiger charge is 2.21. The first-order valence-corrected chi connectivity index (χ1v) is 6.43. The molecule has 0 atom stereocenters. The molecule has 1 aliphatic rings. The maximum atomic E-state index is 11.2. The Labute approximate surface area is 112 Å². The second-order valence-corrected chi connectivity index (χ2v) is 4.81. The summed E-state index contributed by atoms with van der Waals surface area (Å²) in [4.78, 5) is 13.4. The van der Waals surface area contributed by atoms with Gasteiger partial charge in [-0.2, -0.15) is 0 Å². The molecule has 0 saturated carbocycles. The van der Waals surface area contributed by atoms with Gasteiger partial charge >= 0.3 is 5.97 Å². The highest BCUT2D eigenvalue weighted by Crippen LogP contribution is 2.30. The van der Waals surface area contributed by atoms with Crippen LogP contribution in [0.3, 0.4) is 0 Å². The first-order chi connectivity index (χ1) is 8.63. The number of rotatable bonds is 3. The number of hydrogen-bond acceptors (Lipinski definition) is 2. The van der Waals surface area contributed by atoms with Gasteiger partial charge in [-0.25, -0.2) is 4.79 Å². The molecule has 0 amide bonds. The maximum absolute atomic E-state index is 11.2. The van der Waals surface area contributed by atoms with Crippen molar-refractivity contribution in [1.82, 2.24) is 0 Å². The topological polar surface area (TPSA) is 40.5 Å². The van der Waals surface area contributed by atoms with Crippen LogP contribution in [0.25, 0.3) is 0 Å². The van der Waals surface area contributed by atoms with E-state index < -0.39 is 5.97 Å². The summed E-state index contributed by atoms with van der Waals surface area (Å²) in [5, 5.41) is 9.20. The molecule has 0 radical (unpaired) electrons. The van der Waals surface area contributed by atoms with Gasteiger partial charge in [-0.1, -0.05) is 17.7 Å². The van der Waals surface area contributed by atoms with Crippen LogP contribution in [-0.4, -0.2) is 24.2 Å². The summed E-state index contributed by atoms with van der Waals surface area (Å²) in [6, 6.07) is 5.47. The smallest absolute Gasteiger partial charge is 0.336 e. The lowest BCUT2D eigenvalue weighted by molar-refractivity contribution is 0.0695. The summed E-state index contributed by atoms with van der Waals surface area (Å²) in [6.07, 6.45) is 1.81. The van der Waals surface area contributed by atoms with Crippen LogP contribution in [0.4, 0.5) is 5.69 Å². The van der Waals surface area contributed by atoms with Gasteiger partial charge in [0.25, 0.3) is 0 Å². The Morgan fingerprint density at radius 1 is 1.56 bits per heavy atom. The Morgan fingerprint density at radius 3 is 3.00 bits per heavy atom. The number of carboxylic acids is 1. The zero-order valence-electron chi connectivity index (χ0n) is 10.3. The molecule has 1 aliphatic heterocycles. The van der Waals surface area contributed by atoms with E-state index in [4.69, 9.17) is 11.6 Å². The number of halogens is 1. The van der Waals surface area contributed by atoms with Crippen LogP contribution in [0, 0.1) is 0 Å². The van der Waals surface area contributed by atoms with Crippen LogP contribution in [0.5, 0.6) is 0 Å². The average molecular weight is 266 g/mol. The van der Waals surface area contributed by atoms with Crippen LogP contribution >= 0.6 is 11.6 Å². The van der Waals surface area contributed by atoms with Gasteiger partial charge in [-0.3, -0.25) is 0 Å². The summed E-state index contributed by atoms with van der Waals surface area (Å²) < 4.78 is 0. The Morgan fingerprint density at radius 2 is 2.33 bits per heavy atom. The number of anilines is 1. The van der Waals surface area contributed by atoms with E-state index in [0.717, 1.165) is 42.8 Å². The van der Waals surface area contributed by atoms with Gasteiger partial charge in [0.1, 0.15) is 0 Å². The zero-order chi connectivity index (χ0) is 13.1. The van der Waals surface area contributed by atoms with Gasteiger partial charge < -0.3 is 10.0 Å². The molecule has 0 bridgehead atoms. The highest BCUT2D eigenvalue weighted by molar-refractivity contribution is 6.25. The summed E-state index contributed by atoms with van der Waals surface area (Å²) in [5.41, 5.74) is 5.04. The minimum Gasteiger partial charge on any atom is -0.478 e. The van der Waals surface area contributed by atoms with Crippen LogP contribution in [0.1, 0.15) is 29.3 Å². The minimum absolute atomic E-state index is 0.421. The fourth-order valence-corrected chi connectivity index (χ4v) is 2.47. The molecule has 3 nitrogen and oxygen atoms in total. The quantitative estimate of drug-likeness (QED) is 0.912. The molecule has 1 aromatic carbocycles. The molecule has 0 aliphatic carbocycles. The van der Waals surface area contributed by atoms with E-state index >= 15 is 0 Å². The van der Waals surface area contributed by atoms with Crippen LogP contribution in [-0.2, 0) is 6.42 Å². The third-order valence-corrected chi connectivity index (χ3v) is 3.58. The zero-order valence-corrected chi connectivity index (χ0v) is 11.1. The standard InChI is InChI=1S/C14H16ClNO2/c1-10(8-15)9-16-7-3-5-11-12(14(17)18)4-2-6-13(11)16/h2,4,6,8H,3,5,7,9H2,1H3,(H,17,18)/b10-8-. The fraction of sp³-hybridized carbons (Fsp3) is 0.357. The lowest BCUT2D eigenvalue weighted by Crippen LogP contribution is -2.31. The normalized spacial score (nSPS) is 15.4. The van der Waals surface area contributed by atoms with E-state index in [2.05, 4.69) is 4.90 Å². The predicted octanol–water partition coefficient (Wildman–Crippen LogP) is 3.28. The summed E-state index contributed by atoms with van der Waals surface area (Å²) in [5.74, 6) is -0.849. The van der Waals surface area contributed by atoms with E-state index in [1.165, 1.54) is 0 Å². The van der Waals surface area contributed by atoms with Crippen LogP contribution in [0.15, 0.2) is 29.3 Å². The molecular weight excluding hydrogens is 250 g/mol. The maximum Gasteiger partial charge on any atom is 0.336 e. The molecule has 0 unspecified atom stereocenters. The molecule has 4 heteroatoms. The molecular formula is C14H16ClNO2. The molecule has 0 saturated heterocycles. The van der Waals surface area contributed by atoms with Gasteiger partial charge in [0, 0.05) is 24.3 Å². The fourth-order valence-electron chi connectivity index (χ4n) is 2.40. The van der Waals surface area contributed by atoms with E-state index in [0.29, 0.717) is 5.56 Å². The Hall–Kier alpha value is -1.48. The third kappa shape index (κ3) is 2.51. The van der Waals surface area contributed by atoms with Crippen molar-refractivity contribution in [3.05, 3.63) is 40.4 Å². The number of benzene rings is 1. The largest absolute Gasteiger partial charge is 0.478 e. The molecule has 2 rings (SSSR count). The Kier molecular flexibility index (Phi) is 3.92. The minimum atomic E-state index is -0.849. The molecule has 18 heavy (non-hydrogen) atoms.